The molecule has 11 nitrogen and oxygen atoms in total. The molecule has 2 aromatic rings. The summed E-state index contributed by atoms with van der Waals surface area (Å²) < 4.78 is 12.5. The van der Waals surface area contributed by atoms with Gasteiger partial charge in [-0.25, -0.2) is 9.48 Å². The number of rotatable bonds is 7. The Labute approximate surface area is 177 Å². The molecule has 2 aliphatic heterocycles. The number of fused-ring (bicyclic) bond motifs is 1. The summed E-state index contributed by atoms with van der Waals surface area (Å²) in [7, 11) is -1.05. The molecule has 162 valence electrons. The summed E-state index contributed by atoms with van der Waals surface area (Å²) >= 11 is 0. The van der Waals surface area contributed by atoms with Crippen LogP contribution in [-0.2, 0) is 29.0 Å². The number of carbonyl (C=O) groups excluding carboxylic acids is 2. The zero-order valence-corrected chi connectivity index (χ0v) is 16.9. The van der Waals surface area contributed by atoms with Crippen LogP contribution in [0.15, 0.2) is 18.3 Å². The highest BCUT2D eigenvalue weighted by atomic mass is 16.5. The van der Waals surface area contributed by atoms with Crippen molar-refractivity contribution in [1.29, 1.82) is 0 Å². The lowest BCUT2D eigenvalue weighted by atomic mass is 9.78. The average Bonchev–Trinajstić information content (AvgIpc) is 3.09. The number of likely N-dealkylation sites (tertiary alicyclic amines) is 1. The smallest absolute Gasteiger partial charge is 0.522 e. The molecule has 1 aromatic carbocycles. The van der Waals surface area contributed by atoms with Crippen molar-refractivity contribution in [2.45, 2.75) is 38.7 Å². The van der Waals surface area contributed by atoms with Gasteiger partial charge < -0.3 is 24.4 Å². The number of hydrogen-bond donors (Lipinski definition) is 2. The molecule has 2 N–H and O–H groups in total. The molecule has 1 aromatic heterocycles. The first-order chi connectivity index (χ1) is 14.8. The third-order valence-electron chi connectivity index (χ3n) is 5.14. The topological polar surface area (TPSA) is 144 Å². The van der Waals surface area contributed by atoms with Crippen molar-refractivity contribution in [3.8, 4) is 11.5 Å². The van der Waals surface area contributed by atoms with Crippen LogP contribution in [0.4, 0.5) is 0 Å². The predicted octanol–water partition coefficient (Wildman–Crippen LogP) is -0.187. The SMILES string of the molecule is CC(=O)Cc1cn(CC(=O)N2CC(Oc3ccc4c(c3C(=O)O)OB(O)CC4)C2)nn1. The number of carboxylic acids is 1. The second-order valence-electron chi connectivity index (χ2n) is 7.67. The summed E-state index contributed by atoms with van der Waals surface area (Å²) in [6, 6.07) is 3.31. The summed E-state index contributed by atoms with van der Waals surface area (Å²) in [5.41, 5.74) is 1.09. The lowest BCUT2D eigenvalue weighted by molar-refractivity contribution is -0.140. The summed E-state index contributed by atoms with van der Waals surface area (Å²) in [4.78, 5) is 36.9. The Morgan fingerprint density at radius 3 is 2.81 bits per heavy atom. The lowest BCUT2D eigenvalue weighted by Gasteiger charge is -2.39. The van der Waals surface area contributed by atoms with E-state index >= 15 is 0 Å². The number of benzene rings is 1. The van der Waals surface area contributed by atoms with Crippen LogP contribution in [0.3, 0.4) is 0 Å². The van der Waals surface area contributed by atoms with Crippen LogP contribution in [0.25, 0.3) is 0 Å². The normalized spacial score (nSPS) is 15.7. The molecular weight excluding hydrogens is 407 g/mol. The first-order valence-corrected chi connectivity index (χ1v) is 9.87. The Balaban J connectivity index is 1.36. The number of carboxylic acid groups (broad SMARTS) is 1. The lowest BCUT2D eigenvalue weighted by Crippen LogP contribution is -2.57. The van der Waals surface area contributed by atoms with Crippen LogP contribution in [0, 0.1) is 0 Å². The van der Waals surface area contributed by atoms with Gasteiger partial charge in [0.1, 0.15) is 35.5 Å². The van der Waals surface area contributed by atoms with E-state index in [1.807, 2.05) is 0 Å². The molecule has 1 saturated heterocycles. The maximum absolute atomic E-state index is 12.4. The van der Waals surface area contributed by atoms with Crippen molar-refractivity contribution in [2.24, 2.45) is 0 Å². The van der Waals surface area contributed by atoms with Gasteiger partial charge in [-0.3, -0.25) is 9.59 Å². The first kappa shape index (κ1) is 20.9. The van der Waals surface area contributed by atoms with Crippen LogP contribution in [0.5, 0.6) is 11.5 Å². The van der Waals surface area contributed by atoms with Crippen LogP contribution in [0.2, 0.25) is 6.32 Å². The molecule has 0 radical (unpaired) electrons. The minimum atomic E-state index is -1.21. The number of hydrogen-bond acceptors (Lipinski definition) is 8. The van der Waals surface area contributed by atoms with E-state index < -0.39 is 13.1 Å². The van der Waals surface area contributed by atoms with Gasteiger partial charge in [0.25, 0.3) is 0 Å². The van der Waals surface area contributed by atoms with E-state index in [-0.39, 0.29) is 47.8 Å². The van der Waals surface area contributed by atoms with Gasteiger partial charge in [-0.05, 0) is 31.3 Å². The summed E-state index contributed by atoms with van der Waals surface area (Å²) in [6.07, 6.45) is 2.28. The fraction of sp³-hybridized carbons (Fsp3) is 0.421. The van der Waals surface area contributed by atoms with E-state index in [0.29, 0.717) is 37.1 Å². The monoisotopic (exact) mass is 428 g/mol. The molecular formula is C19H21BN4O7. The van der Waals surface area contributed by atoms with E-state index in [4.69, 9.17) is 9.39 Å². The Morgan fingerprint density at radius 1 is 1.32 bits per heavy atom. The molecule has 31 heavy (non-hydrogen) atoms. The number of ketones is 1. The summed E-state index contributed by atoms with van der Waals surface area (Å²) in [5, 5.41) is 27.1. The number of carbonyl (C=O) groups is 3. The number of amides is 1. The number of Topliss-reactive ketones (excluding diaryl/α,β-unsaturated/α-hetero) is 1. The van der Waals surface area contributed by atoms with Crippen LogP contribution < -0.4 is 9.39 Å². The Hall–Kier alpha value is -3.41. The number of aromatic carboxylic acids is 1. The van der Waals surface area contributed by atoms with Crippen molar-refractivity contribution < 1.29 is 33.9 Å². The molecule has 1 amide bonds. The molecule has 3 heterocycles. The third-order valence-corrected chi connectivity index (χ3v) is 5.14. The number of ether oxygens (including phenoxy) is 1. The second kappa shape index (κ2) is 8.38. The zero-order chi connectivity index (χ0) is 22.1. The van der Waals surface area contributed by atoms with Crippen molar-refractivity contribution in [2.75, 3.05) is 13.1 Å². The van der Waals surface area contributed by atoms with E-state index in [9.17, 15) is 24.5 Å². The molecule has 0 bridgehead atoms. The Morgan fingerprint density at radius 2 is 2.10 bits per heavy atom. The van der Waals surface area contributed by atoms with E-state index in [2.05, 4.69) is 10.3 Å². The van der Waals surface area contributed by atoms with Gasteiger partial charge in [0.2, 0.25) is 5.91 Å². The molecule has 2 aliphatic rings. The predicted molar refractivity (Wildman–Crippen MR) is 106 cm³/mol. The van der Waals surface area contributed by atoms with Gasteiger partial charge in [-0.1, -0.05) is 11.3 Å². The molecule has 4 rings (SSSR count). The molecule has 0 spiro atoms. The summed E-state index contributed by atoms with van der Waals surface area (Å²) in [5.74, 6) is -1.16. The standard InChI is InChI=1S/C19H21BN4O7/c1-11(25)6-13-7-24(22-21-13)10-16(26)23-8-14(9-23)30-15-3-2-12-4-5-20(29)31-18(12)17(15)19(27)28/h2-3,7,14,29H,4-6,8-10H2,1H3,(H,27,28). The number of aromatic nitrogens is 3. The average molecular weight is 428 g/mol. The maximum atomic E-state index is 12.4. The minimum absolute atomic E-state index is 0.0113. The molecule has 0 aliphatic carbocycles. The molecule has 12 heteroatoms. The zero-order valence-electron chi connectivity index (χ0n) is 16.9. The molecule has 0 atom stereocenters. The van der Waals surface area contributed by atoms with Crippen molar-refractivity contribution in [1.82, 2.24) is 19.9 Å². The van der Waals surface area contributed by atoms with Crippen LogP contribution in [0.1, 0.15) is 28.5 Å². The molecule has 0 saturated carbocycles. The highest BCUT2D eigenvalue weighted by molar-refractivity contribution is 6.44. The van der Waals surface area contributed by atoms with Gasteiger partial charge in [0, 0.05) is 6.20 Å². The van der Waals surface area contributed by atoms with E-state index in [0.717, 1.165) is 0 Å². The van der Waals surface area contributed by atoms with Crippen molar-refractivity contribution in [3.05, 3.63) is 35.2 Å². The highest BCUT2D eigenvalue weighted by Crippen LogP contribution is 2.37. The van der Waals surface area contributed by atoms with Gasteiger partial charge in [0.15, 0.2) is 0 Å². The van der Waals surface area contributed by atoms with E-state index in [1.54, 1.807) is 23.2 Å². The largest absolute Gasteiger partial charge is 0.535 e. The third kappa shape index (κ3) is 4.53. The highest BCUT2D eigenvalue weighted by Gasteiger charge is 2.35. The van der Waals surface area contributed by atoms with Gasteiger partial charge in [-0.2, -0.15) is 0 Å². The fourth-order valence-corrected chi connectivity index (χ4v) is 3.60. The first-order valence-electron chi connectivity index (χ1n) is 9.87. The number of aryl methyl sites for hydroxylation is 1. The summed E-state index contributed by atoms with van der Waals surface area (Å²) in [6.45, 7) is 2.04. The Bertz CT molecular complexity index is 1030. The fourth-order valence-electron chi connectivity index (χ4n) is 3.60. The van der Waals surface area contributed by atoms with Crippen LogP contribution in [-0.4, -0.2) is 74.0 Å². The van der Waals surface area contributed by atoms with E-state index in [1.165, 1.54) is 11.6 Å². The quantitative estimate of drug-likeness (QED) is 0.574. The molecule has 1 fully saturated rings. The van der Waals surface area contributed by atoms with Gasteiger partial charge >= 0.3 is 13.1 Å². The Kier molecular flexibility index (Phi) is 5.64. The van der Waals surface area contributed by atoms with Crippen molar-refractivity contribution in [3.63, 3.8) is 0 Å². The van der Waals surface area contributed by atoms with Crippen LogP contribution >= 0.6 is 0 Å². The number of nitrogens with zero attached hydrogens (tertiary/aromatic N) is 4. The van der Waals surface area contributed by atoms with Gasteiger partial charge in [-0.15, -0.1) is 5.10 Å². The van der Waals surface area contributed by atoms with Gasteiger partial charge in [0.05, 0.1) is 25.2 Å². The second-order valence-corrected chi connectivity index (χ2v) is 7.67. The van der Waals surface area contributed by atoms with Crippen molar-refractivity contribution >= 4 is 24.8 Å². The minimum Gasteiger partial charge on any atom is -0.535 e. The maximum Gasteiger partial charge on any atom is 0.522 e. The molecule has 0 unspecified atom stereocenters.